The van der Waals surface area contributed by atoms with Crippen molar-refractivity contribution in [1.29, 1.82) is 0 Å². The average Bonchev–Trinajstić information content (AvgIpc) is 2.69. The van der Waals surface area contributed by atoms with Crippen LogP contribution < -0.4 is 15.4 Å². The monoisotopic (exact) mass is 419 g/mol. The maximum Gasteiger partial charge on any atom is 0.422 e. The van der Waals surface area contributed by atoms with E-state index >= 15 is 0 Å². The molecule has 0 amide bonds. The summed E-state index contributed by atoms with van der Waals surface area (Å²) in [6.45, 7) is 0.895. The molecule has 2 rings (SSSR count). The number of ether oxygens (including phenoxy) is 1. The smallest absolute Gasteiger partial charge is 0.422 e. The van der Waals surface area contributed by atoms with E-state index in [-0.39, 0.29) is 23.6 Å². The van der Waals surface area contributed by atoms with Crippen LogP contribution in [-0.4, -0.2) is 47.0 Å². The van der Waals surface area contributed by atoms with Gasteiger partial charge in [0.25, 0.3) is 0 Å². The Morgan fingerprint density at radius 3 is 2.75 bits per heavy atom. The van der Waals surface area contributed by atoms with Gasteiger partial charge in [-0.3, -0.25) is 9.20 Å². The highest BCUT2D eigenvalue weighted by molar-refractivity contribution is 7.85. The lowest BCUT2D eigenvalue weighted by Gasteiger charge is -2.30. The number of rotatable bonds is 7. The fourth-order valence-electron chi connectivity index (χ4n) is 3.27. The molecule has 0 aliphatic heterocycles. The molecule has 0 bridgehead atoms. The van der Waals surface area contributed by atoms with E-state index in [1.165, 1.54) is 6.07 Å². The number of para-hydroxylation sites is 1. The number of hydrogen-bond donors (Lipinski definition) is 2. The predicted molar refractivity (Wildman–Crippen MR) is 106 cm³/mol. The molecule has 0 spiro atoms. The zero-order valence-corrected chi connectivity index (χ0v) is 17.0. The van der Waals surface area contributed by atoms with Crippen molar-refractivity contribution in [3.8, 4) is 5.75 Å². The number of nitrogens with one attached hydrogen (secondary N) is 2. The summed E-state index contributed by atoms with van der Waals surface area (Å²) in [5, 5.41) is 6.67. The van der Waals surface area contributed by atoms with E-state index in [0.29, 0.717) is 17.3 Å². The van der Waals surface area contributed by atoms with Crippen molar-refractivity contribution in [2.45, 2.75) is 56.6 Å². The van der Waals surface area contributed by atoms with E-state index in [1.54, 1.807) is 25.2 Å². The summed E-state index contributed by atoms with van der Waals surface area (Å²) < 4.78 is 54.3. The van der Waals surface area contributed by atoms with Gasteiger partial charge in [-0.05, 0) is 25.3 Å². The van der Waals surface area contributed by atoms with Crippen molar-refractivity contribution >= 4 is 16.8 Å². The third-order valence-corrected chi connectivity index (χ3v) is 6.40. The van der Waals surface area contributed by atoms with E-state index in [1.807, 2.05) is 6.92 Å². The van der Waals surface area contributed by atoms with Gasteiger partial charge in [-0.1, -0.05) is 31.5 Å². The standard InChI is InChI=1S/C19H28F3N3O2S/c1-3-28(26)16-9-6-8-15(11-16)25-18(23-2)24-12-14-7-4-5-10-17(14)27-13-19(20,21)22/h4-5,7,10,15-16H,3,6,8-9,11-13H2,1-2H3,(H2,23,24,25). The number of guanidine groups is 1. The van der Waals surface area contributed by atoms with Gasteiger partial charge in [0, 0.05) is 47.0 Å². The summed E-state index contributed by atoms with van der Waals surface area (Å²) in [5.41, 5.74) is 0.614. The minimum atomic E-state index is -4.38. The lowest BCUT2D eigenvalue weighted by atomic mass is 9.95. The quantitative estimate of drug-likeness (QED) is 0.526. The van der Waals surface area contributed by atoms with Gasteiger partial charge in [0.15, 0.2) is 12.6 Å². The predicted octanol–water partition coefficient (Wildman–Crippen LogP) is 3.37. The molecule has 28 heavy (non-hydrogen) atoms. The van der Waals surface area contributed by atoms with Crippen LogP contribution in [-0.2, 0) is 17.3 Å². The van der Waals surface area contributed by atoms with Crippen LogP contribution in [0.25, 0.3) is 0 Å². The SMILES string of the molecule is CCS(=O)C1CCCC(NC(=NC)NCc2ccccc2OCC(F)(F)F)C1. The van der Waals surface area contributed by atoms with Crippen molar-refractivity contribution in [2.75, 3.05) is 19.4 Å². The van der Waals surface area contributed by atoms with Crippen molar-refractivity contribution in [3.05, 3.63) is 29.8 Å². The Bertz CT molecular complexity index is 683. The number of halogens is 3. The Balaban J connectivity index is 1.91. The van der Waals surface area contributed by atoms with Gasteiger partial charge >= 0.3 is 6.18 Å². The molecule has 2 N–H and O–H groups in total. The first-order valence-electron chi connectivity index (χ1n) is 9.44. The number of alkyl halides is 3. The second kappa shape index (κ2) is 10.7. The second-order valence-corrected chi connectivity index (χ2v) is 8.74. The van der Waals surface area contributed by atoms with Gasteiger partial charge < -0.3 is 15.4 Å². The van der Waals surface area contributed by atoms with Gasteiger partial charge in [-0.25, -0.2) is 0 Å². The van der Waals surface area contributed by atoms with Gasteiger partial charge in [0.05, 0.1) is 0 Å². The molecule has 0 heterocycles. The number of hydrogen-bond acceptors (Lipinski definition) is 3. The van der Waals surface area contributed by atoms with Crippen LogP contribution in [0.15, 0.2) is 29.3 Å². The fraction of sp³-hybridized carbons (Fsp3) is 0.632. The van der Waals surface area contributed by atoms with Gasteiger partial charge in [0.1, 0.15) is 5.75 Å². The third kappa shape index (κ3) is 7.33. The van der Waals surface area contributed by atoms with E-state index in [0.717, 1.165) is 25.7 Å². The average molecular weight is 420 g/mol. The van der Waals surface area contributed by atoms with Gasteiger partial charge in [-0.15, -0.1) is 0 Å². The van der Waals surface area contributed by atoms with Crippen LogP contribution >= 0.6 is 0 Å². The molecule has 1 aliphatic carbocycles. The summed E-state index contributed by atoms with van der Waals surface area (Å²) in [7, 11) is 0.839. The van der Waals surface area contributed by atoms with Gasteiger partial charge in [-0.2, -0.15) is 13.2 Å². The molecular weight excluding hydrogens is 391 g/mol. The van der Waals surface area contributed by atoms with Crippen LogP contribution in [0, 0.1) is 0 Å². The normalized spacial score (nSPS) is 21.8. The molecular formula is C19H28F3N3O2S. The zero-order chi connectivity index (χ0) is 20.6. The fourth-order valence-corrected chi connectivity index (χ4v) is 4.62. The molecule has 5 nitrogen and oxygen atoms in total. The van der Waals surface area contributed by atoms with Crippen molar-refractivity contribution in [2.24, 2.45) is 4.99 Å². The minimum Gasteiger partial charge on any atom is -0.484 e. The molecule has 3 atom stereocenters. The molecule has 1 aliphatic rings. The first-order valence-corrected chi connectivity index (χ1v) is 10.8. The molecule has 158 valence electrons. The third-order valence-electron chi connectivity index (χ3n) is 4.66. The Morgan fingerprint density at radius 1 is 1.32 bits per heavy atom. The number of benzene rings is 1. The lowest BCUT2D eigenvalue weighted by Crippen LogP contribution is -2.46. The highest BCUT2D eigenvalue weighted by Gasteiger charge is 2.29. The Morgan fingerprint density at radius 2 is 2.07 bits per heavy atom. The van der Waals surface area contributed by atoms with E-state index in [4.69, 9.17) is 4.74 Å². The minimum absolute atomic E-state index is 0.178. The molecule has 1 fully saturated rings. The molecule has 1 saturated carbocycles. The van der Waals surface area contributed by atoms with Crippen molar-refractivity contribution in [3.63, 3.8) is 0 Å². The second-order valence-electron chi connectivity index (χ2n) is 6.74. The molecule has 9 heteroatoms. The Hall–Kier alpha value is -1.77. The Kier molecular flexibility index (Phi) is 8.59. The Labute approximate surface area is 166 Å². The first kappa shape index (κ1) is 22.5. The lowest BCUT2D eigenvalue weighted by molar-refractivity contribution is -0.153. The van der Waals surface area contributed by atoms with Crippen LogP contribution in [0.1, 0.15) is 38.2 Å². The summed E-state index contributed by atoms with van der Waals surface area (Å²) in [5.74, 6) is 1.43. The number of nitrogens with zero attached hydrogens (tertiary/aromatic N) is 1. The molecule has 1 aromatic rings. The van der Waals surface area contributed by atoms with E-state index < -0.39 is 23.6 Å². The summed E-state index contributed by atoms with van der Waals surface area (Å²) >= 11 is 0. The summed E-state index contributed by atoms with van der Waals surface area (Å²) in [6.07, 6.45) is -0.585. The van der Waals surface area contributed by atoms with E-state index in [9.17, 15) is 17.4 Å². The maximum atomic E-state index is 12.4. The number of aliphatic imine (C=N–C) groups is 1. The van der Waals surface area contributed by atoms with Crippen LogP contribution in [0.2, 0.25) is 0 Å². The first-order chi connectivity index (χ1) is 13.3. The van der Waals surface area contributed by atoms with Gasteiger partial charge in [0.2, 0.25) is 0 Å². The van der Waals surface area contributed by atoms with Crippen LogP contribution in [0.4, 0.5) is 13.2 Å². The molecule has 3 unspecified atom stereocenters. The molecule has 1 aromatic carbocycles. The summed E-state index contributed by atoms with van der Waals surface area (Å²) in [6, 6.07) is 6.80. The van der Waals surface area contributed by atoms with E-state index in [2.05, 4.69) is 15.6 Å². The highest BCUT2D eigenvalue weighted by atomic mass is 32.2. The highest BCUT2D eigenvalue weighted by Crippen LogP contribution is 2.24. The molecule has 0 radical (unpaired) electrons. The maximum absolute atomic E-state index is 12.4. The van der Waals surface area contributed by atoms with Crippen LogP contribution in [0.5, 0.6) is 5.75 Å². The van der Waals surface area contributed by atoms with Crippen molar-refractivity contribution in [1.82, 2.24) is 10.6 Å². The summed E-state index contributed by atoms with van der Waals surface area (Å²) in [4.78, 5) is 4.20. The molecule has 0 aromatic heterocycles. The topological polar surface area (TPSA) is 62.7 Å². The largest absolute Gasteiger partial charge is 0.484 e. The zero-order valence-electron chi connectivity index (χ0n) is 16.2. The van der Waals surface area contributed by atoms with Crippen LogP contribution in [0.3, 0.4) is 0 Å². The van der Waals surface area contributed by atoms with Crippen molar-refractivity contribution < 1.29 is 22.1 Å². The molecule has 0 saturated heterocycles.